The fourth-order valence-electron chi connectivity index (χ4n) is 1.31. The van der Waals surface area contributed by atoms with Crippen molar-refractivity contribution in [3.05, 3.63) is 28.5 Å². The van der Waals surface area contributed by atoms with Gasteiger partial charge in [0.15, 0.2) is 0 Å². The molecule has 0 heterocycles. The van der Waals surface area contributed by atoms with Crippen molar-refractivity contribution in [2.45, 2.75) is 32.7 Å². The van der Waals surface area contributed by atoms with Crippen molar-refractivity contribution < 1.29 is 4.39 Å². The van der Waals surface area contributed by atoms with Gasteiger partial charge < -0.3 is 5.32 Å². The third-order valence-corrected chi connectivity index (χ3v) is 2.92. The Kier molecular flexibility index (Phi) is 4.39. The van der Waals surface area contributed by atoms with Crippen LogP contribution in [0.4, 0.5) is 10.1 Å². The minimum Gasteiger partial charge on any atom is -0.382 e. The molecule has 0 saturated carbocycles. The van der Waals surface area contributed by atoms with Crippen LogP contribution in [-0.4, -0.2) is 6.04 Å². The summed E-state index contributed by atoms with van der Waals surface area (Å²) in [6.07, 6.45) is 2.10. The molecule has 0 aliphatic heterocycles. The Morgan fingerprint density at radius 2 is 2.00 bits per heavy atom. The molecule has 14 heavy (non-hydrogen) atoms. The molecule has 1 N–H and O–H groups in total. The first-order valence-corrected chi connectivity index (χ1v) is 5.68. The van der Waals surface area contributed by atoms with E-state index in [4.69, 9.17) is 0 Å². The van der Waals surface area contributed by atoms with Crippen molar-refractivity contribution in [2.75, 3.05) is 5.32 Å². The Labute approximate surface area is 92.8 Å². The van der Waals surface area contributed by atoms with Gasteiger partial charge in [0.05, 0.1) is 4.47 Å². The summed E-state index contributed by atoms with van der Waals surface area (Å²) < 4.78 is 13.7. The third kappa shape index (κ3) is 2.98. The standard InChI is InChI=1S/C11H15BrFN/c1-3-8(4-2)14-9-5-6-10(12)11(13)7-9/h5-8,14H,3-4H2,1-2H3. The molecule has 1 nitrogen and oxygen atoms in total. The molecular formula is C11H15BrFN. The fraction of sp³-hybridized carbons (Fsp3) is 0.455. The molecule has 0 aromatic heterocycles. The molecule has 0 fully saturated rings. The molecule has 0 saturated heterocycles. The van der Waals surface area contributed by atoms with Crippen LogP contribution in [0.1, 0.15) is 26.7 Å². The molecule has 0 bridgehead atoms. The lowest BCUT2D eigenvalue weighted by Crippen LogP contribution is -2.16. The van der Waals surface area contributed by atoms with Crippen molar-refractivity contribution in [1.82, 2.24) is 0 Å². The normalized spacial score (nSPS) is 10.6. The van der Waals surface area contributed by atoms with E-state index in [1.165, 1.54) is 6.07 Å². The summed E-state index contributed by atoms with van der Waals surface area (Å²) in [5.41, 5.74) is 0.847. The average Bonchev–Trinajstić information content (AvgIpc) is 2.19. The lowest BCUT2D eigenvalue weighted by molar-refractivity contribution is 0.619. The van der Waals surface area contributed by atoms with Gasteiger partial charge in [-0.25, -0.2) is 4.39 Å². The second-order valence-electron chi connectivity index (χ2n) is 3.29. The predicted octanol–water partition coefficient (Wildman–Crippen LogP) is 4.19. The van der Waals surface area contributed by atoms with Crippen LogP contribution in [0.15, 0.2) is 22.7 Å². The average molecular weight is 260 g/mol. The monoisotopic (exact) mass is 259 g/mol. The number of anilines is 1. The van der Waals surface area contributed by atoms with Crippen LogP contribution < -0.4 is 5.32 Å². The van der Waals surface area contributed by atoms with Crippen LogP contribution in [0.3, 0.4) is 0 Å². The molecule has 1 aromatic carbocycles. The van der Waals surface area contributed by atoms with Crippen molar-refractivity contribution in [3.8, 4) is 0 Å². The van der Waals surface area contributed by atoms with Gasteiger partial charge in [0.25, 0.3) is 0 Å². The topological polar surface area (TPSA) is 12.0 Å². The summed E-state index contributed by atoms with van der Waals surface area (Å²) in [7, 11) is 0. The molecule has 0 atom stereocenters. The Balaban J connectivity index is 2.72. The lowest BCUT2D eigenvalue weighted by Gasteiger charge is -2.16. The molecule has 0 amide bonds. The molecule has 1 rings (SSSR count). The molecule has 0 aliphatic rings. The molecule has 78 valence electrons. The minimum absolute atomic E-state index is 0.221. The maximum atomic E-state index is 13.2. The highest BCUT2D eigenvalue weighted by Crippen LogP contribution is 2.20. The van der Waals surface area contributed by atoms with Crippen LogP contribution in [0.5, 0.6) is 0 Å². The van der Waals surface area contributed by atoms with Crippen LogP contribution in [-0.2, 0) is 0 Å². The van der Waals surface area contributed by atoms with E-state index in [2.05, 4.69) is 35.1 Å². The predicted molar refractivity (Wildman–Crippen MR) is 62.1 cm³/mol. The Hall–Kier alpha value is -0.570. The molecule has 0 unspecified atom stereocenters. The Morgan fingerprint density at radius 1 is 1.36 bits per heavy atom. The lowest BCUT2D eigenvalue weighted by atomic mass is 10.1. The summed E-state index contributed by atoms with van der Waals surface area (Å²) in [4.78, 5) is 0. The van der Waals surface area contributed by atoms with Gasteiger partial charge in [-0.05, 0) is 47.0 Å². The molecular weight excluding hydrogens is 245 g/mol. The third-order valence-electron chi connectivity index (χ3n) is 2.28. The number of halogens is 2. The molecule has 0 radical (unpaired) electrons. The second-order valence-corrected chi connectivity index (χ2v) is 4.14. The molecule has 1 aromatic rings. The largest absolute Gasteiger partial charge is 0.382 e. The molecule has 0 aliphatic carbocycles. The maximum absolute atomic E-state index is 13.2. The van der Waals surface area contributed by atoms with Gasteiger partial charge >= 0.3 is 0 Å². The van der Waals surface area contributed by atoms with Crippen LogP contribution >= 0.6 is 15.9 Å². The van der Waals surface area contributed by atoms with Gasteiger partial charge in [-0.2, -0.15) is 0 Å². The van der Waals surface area contributed by atoms with Gasteiger partial charge in [-0.15, -0.1) is 0 Å². The number of hydrogen-bond donors (Lipinski definition) is 1. The van der Waals surface area contributed by atoms with Crippen molar-refractivity contribution >= 4 is 21.6 Å². The van der Waals surface area contributed by atoms with Crippen LogP contribution in [0, 0.1) is 5.82 Å². The highest BCUT2D eigenvalue weighted by atomic mass is 79.9. The first-order chi connectivity index (χ1) is 6.67. The van der Waals surface area contributed by atoms with Crippen molar-refractivity contribution in [1.29, 1.82) is 0 Å². The first-order valence-electron chi connectivity index (χ1n) is 4.89. The van der Waals surface area contributed by atoms with E-state index in [0.717, 1.165) is 18.5 Å². The SMILES string of the molecule is CCC(CC)Nc1ccc(Br)c(F)c1. The van der Waals surface area contributed by atoms with Gasteiger partial charge in [0.1, 0.15) is 5.82 Å². The number of rotatable bonds is 4. The summed E-state index contributed by atoms with van der Waals surface area (Å²) in [6.45, 7) is 4.24. The smallest absolute Gasteiger partial charge is 0.139 e. The minimum atomic E-state index is -0.221. The Bertz CT molecular complexity index is 297. The summed E-state index contributed by atoms with van der Waals surface area (Å²) in [5.74, 6) is -0.221. The second kappa shape index (κ2) is 5.35. The summed E-state index contributed by atoms with van der Waals surface area (Å²) >= 11 is 3.13. The Morgan fingerprint density at radius 3 is 2.50 bits per heavy atom. The summed E-state index contributed by atoms with van der Waals surface area (Å²) in [6, 6.07) is 5.55. The fourth-order valence-corrected chi connectivity index (χ4v) is 1.56. The zero-order valence-corrected chi connectivity index (χ0v) is 10.1. The zero-order chi connectivity index (χ0) is 10.6. The van der Waals surface area contributed by atoms with Gasteiger partial charge in [0, 0.05) is 11.7 Å². The van der Waals surface area contributed by atoms with Gasteiger partial charge in [0.2, 0.25) is 0 Å². The van der Waals surface area contributed by atoms with Gasteiger partial charge in [-0.1, -0.05) is 13.8 Å². The maximum Gasteiger partial charge on any atom is 0.139 e. The summed E-state index contributed by atoms with van der Waals surface area (Å²) in [5, 5.41) is 3.29. The zero-order valence-electron chi connectivity index (χ0n) is 8.48. The van der Waals surface area contributed by atoms with E-state index < -0.39 is 0 Å². The molecule has 3 heteroatoms. The highest BCUT2D eigenvalue weighted by molar-refractivity contribution is 9.10. The van der Waals surface area contributed by atoms with E-state index in [-0.39, 0.29) is 5.82 Å². The first kappa shape index (κ1) is 11.5. The highest BCUT2D eigenvalue weighted by Gasteiger charge is 2.04. The van der Waals surface area contributed by atoms with E-state index in [1.54, 1.807) is 6.07 Å². The quantitative estimate of drug-likeness (QED) is 0.855. The van der Waals surface area contributed by atoms with Crippen LogP contribution in [0.2, 0.25) is 0 Å². The van der Waals surface area contributed by atoms with Gasteiger partial charge in [-0.3, -0.25) is 0 Å². The number of nitrogens with one attached hydrogen (secondary N) is 1. The number of hydrogen-bond acceptors (Lipinski definition) is 1. The van der Waals surface area contributed by atoms with Crippen molar-refractivity contribution in [3.63, 3.8) is 0 Å². The van der Waals surface area contributed by atoms with E-state index >= 15 is 0 Å². The number of benzene rings is 1. The van der Waals surface area contributed by atoms with Crippen LogP contribution in [0.25, 0.3) is 0 Å². The van der Waals surface area contributed by atoms with Crippen molar-refractivity contribution in [2.24, 2.45) is 0 Å². The van der Waals surface area contributed by atoms with E-state index in [1.807, 2.05) is 6.07 Å². The van der Waals surface area contributed by atoms with E-state index in [9.17, 15) is 4.39 Å². The van der Waals surface area contributed by atoms with E-state index in [0.29, 0.717) is 10.5 Å². The molecule has 0 spiro atoms.